The van der Waals surface area contributed by atoms with Crippen molar-refractivity contribution in [1.82, 2.24) is 10.2 Å². The summed E-state index contributed by atoms with van der Waals surface area (Å²) in [6.45, 7) is 4.80. The highest BCUT2D eigenvalue weighted by atomic mass is 16.5. The van der Waals surface area contributed by atoms with Gasteiger partial charge in [-0.25, -0.2) is 4.79 Å². The summed E-state index contributed by atoms with van der Waals surface area (Å²) < 4.78 is 9.55. The molecule has 2 aromatic rings. The molecule has 8 nitrogen and oxygen atoms in total. The molecule has 34 heavy (non-hydrogen) atoms. The lowest BCUT2D eigenvalue weighted by atomic mass is 9.93. The van der Waals surface area contributed by atoms with Gasteiger partial charge in [0.2, 0.25) is 0 Å². The zero-order valence-electron chi connectivity index (χ0n) is 19.2. The first-order chi connectivity index (χ1) is 16.4. The lowest BCUT2D eigenvalue weighted by molar-refractivity contribution is -0.142. The maximum absolute atomic E-state index is 12.9. The van der Waals surface area contributed by atoms with E-state index in [9.17, 15) is 14.4 Å². The van der Waals surface area contributed by atoms with Gasteiger partial charge in [0.1, 0.15) is 12.4 Å². The molecule has 2 N–H and O–H groups in total. The molecule has 1 heterocycles. The molecule has 1 fully saturated rings. The maximum atomic E-state index is 12.9. The summed E-state index contributed by atoms with van der Waals surface area (Å²) in [6, 6.07) is 14.6. The second-order valence-electron chi connectivity index (χ2n) is 8.06. The smallest absolute Gasteiger partial charge is 0.413 e. The van der Waals surface area contributed by atoms with Crippen molar-refractivity contribution in [3.63, 3.8) is 0 Å². The van der Waals surface area contributed by atoms with Crippen LogP contribution in [0.1, 0.15) is 35.2 Å². The van der Waals surface area contributed by atoms with E-state index in [1.807, 2.05) is 41.3 Å². The first-order valence-corrected chi connectivity index (χ1v) is 11.1. The molecule has 1 aliphatic rings. The van der Waals surface area contributed by atoms with Gasteiger partial charge in [0.25, 0.3) is 5.91 Å². The number of amides is 2. The Kier molecular flexibility index (Phi) is 8.56. The predicted octanol–water partition coefficient (Wildman–Crippen LogP) is 4.01. The van der Waals surface area contributed by atoms with Gasteiger partial charge < -0.3 is 14.4 Å². The minimum atomic E-state index is -0.707. The van der Waals surface area contributed by atoms with Gasteiger partial charge in [0, 0.05) is 30.6 Å². The molecule has 178 valence electrons. The van der Waals surface area contributed by atoms with Crippen LogP contribution >= 0.6 is 0 Å². The Bertz CT molecular complexity index is 1040. The summed E-state index contributed by atoms with van der Waals surface area (Å²) in [6.07, 6.45) is 2.73. The van der Waals surface area contributed by atoms with E-state index in [0.29, 0.717) is 30.6 Å². The molecule has 2 amide bonds. The average molecular weight is 464 g/mol. The molecular formula is C26H29N3O5. The topological polar surface area (TPSA) is 109 Å². The molecule has 0 bridgehead atoms. The van der Waals surface area contributed by atoms with Crippen LogP contribution in [0.2, 0.25) is 0 Å². The first kappa shape index (κ1) is 24.7. The van der Waals surface area contributed by atoms with Gasteiger partial charge >= 0.3 is 12.1 Å². The minimum Gasteiger partial charge on any atom is -0.469 e. The fraction of sp³-hybridized carbons (Fsp3) is 0.308. The molecule has 8 heteroatoms. The number of carbonyl (C=O) groups excluding carboxylic acids is 3. The highest BCUT2D eigenvalue weighted by Gasteiger charge is 2.25. The number of piperidine rings is 1. The van der Waals surface area contributed by atoms with Crippen LogP contribution in [-0.4, -0.2) is 55.5 Å². The fourth-order valence-corrected chi connectivity index (χ4v) is 3.82. The zero-order valence-corrected chi connectivity index (χ0v) is 19.2. The molecule has 3 rings (SSSR count). The van der Waals surface area contributed by atoms with Gasteiger partial charge in [-0.05, 0) is 42.0 Å². The second kappa shape index (κ2) is 11.8. The number of likely N-dealkylation sites (tertiary alicyclic amines) is 1. The van der Waals surface area contributed by atoms with Gasteiger partial charge in [-0.2, -0.15) is 0 Å². The number of nitrogens with one attached hydrogen (secondary N) is 2. The molecule has 0 aliphatic carbocycles. The molecular weight excluding hydrogens is 434 g/mol. The van der Waals surface area contributed by atoms with E-state index in [-0.39, 0.29) is 30.2 Å². The number of esters is 1. The van der Waals surface area contributed by atoms with Crippen LogP contribution in [0.3, 0.4) is 0 Å². The quantitative estimate of drug-likeness (QED) is 0.279. The summed E-state index contributed by atoms with van der Waals surface area (Å²) >= 11 is 0. The Balaban J connectivity index is 1.56. The van der Waals surface area contributed by atoms with Crippen LogP contribution in [-0.2, 0) is 14.3 Å². The average Bonchev–Trinajstić information content (AvgIpc) is 2.87. The third kappa shape index (κ3) is 6.54. The van der Waals surface area contributed by atoms with Crippen molar-refractivity contribution < 1.29 is 23.9 Å². The van der Waals surface area contributed by atoms with Gasteiger partial charge in [-0.3, -0.25) is 20.3 Å². The minimum absolute atomic E-state index is 0.0127. The van der Waals surface area contributed by atoms with Gasteiger partial charge in [-0.1, -0.05) is 49.1 Å². The van der Waals surface area contributed by atoms with Crippen molar-refractivity contribution >= 4 is 23.8 Å². The zero-order chi connectivity index (χ0) is 24.5. The number of hydrogen-bond acceptors (Lipinski definition) is 6. The van der Waals surface area contributed by atoms with Crippen LogP contribution in [0.15, 0.2) is 61.2 Å². The number of hydrogen-bond donors (Lipinski definition) is 2. The Morgan fingerprint density at radius 2 is 1.59 bits per heavy atom. The van der Waals surface area contributed by atoms with Crippen molar-refractivity contribution in [2.45, 2.75) is 19.3 Å². The predicted molar refractivity (Wildman–Crippen MR) is 129 cm³/mol. The SMILES string of the molecule is C=CCOC(=O)NC(=N)c1ccc(-c2ccc(C(=O)N3CCC(CC(=O)OC)CC3)cc2)cc1. The third-order valence-corrected chi connectivity index (χ3v) is 5.78. The number of carbonyl (C=O) groups is 3. The van der Waals surface area contributed by atoms with Crippen LogP contribution in [0, 0.1) is 11.3 Å². The number of alkyl carbamates (subject to hydrolysis) is 1. The van der Waals surface area contributed by atoms with E-state index in [0.717, 1.165) is 24.0 Å². The highest BCUT2D eigenvalue weighted by Crippen LogP contribution is 2.24. The molecule has 0 radical (unpaired) electrons. The molecule has 0 atom stereocenters. The highest BCUT2D eigenvalue weighted by molar-refractivity contribution is 6.04. The number of ether oxygens (including phenoxy) is 2. The first-order valence-electron chi connectivity index (χ1n) is 11.1. The number of amidine groups is 1. The molecule has 0 aromatic heterocycles. The van der Waals surface area contributed by atoms with Crippen LogP contribution in [0.5, 0.6) is 0 Å². The van der Waals surface area contributed by atoms with Crippen molar-refractivity contribution in [3.8, 4) is 11.1 Å². The van der Waals surface area contributed by atoms with Crippen molar-refractivity contribution in [3.05, 3.63) is 72.3 Å². The maximum Gasteiger partial charge on any atom is 0.413 e. The number of benzene rings is 2. The van der Waals surface area contributed by atoms with Crippen molar-refractivity contribution in [1.29, 1.82) is 5.41 Å². The summed E-state index contributed by atoms with van der Waals surface area (Å²) in [5, 5.41) is 10.4. The molecule has 1 aliphatic heterocycles. The monoisotopic (exact) mass is 463 g/mol. The summed E-state index contributed by atoms with van der Waals surface area (Å²) in [5.41, 5.74) is 3.02. The number of methoxy groups -OCH3 is 1. The summed E-state index contributed by atoms with van der Waals surface area (Å²) in [7, 11) is 1.39. The van der Waals surface area contributed by atoms with Crippen molar-refractivity contribution in [2.24, 2.45) is 5.92 Å². The van der Waals surface area contributed by atoms with Crippen LogP contribution in [0.4, 0.5) is 4.79 Å². The van der Waals surface area contributed by atoms with Crippen LogP contribution in [0.25, 0.3) is 11.1 Å². The Morgan fingerprint density at radius 3 is 2.12 bits per heavy atom. The fourth-order valence-electron chi connectivity index (χ4n) is 3.82. The van der Waals surface area contributed by atoms with Gasteiger partial charge in [-0.15, -0.1) is 0 Å². The standard InChI is InChI=1S/C26H29N3O5/c1-3-16-34-26(32)28-24(27)21-8-4-19(5-9-21)20-6-10-22(11-7-20)25(31)29-14-12-18(13-15-29)17-23(30)33-2/h3-11,18H,1,12-17H2,2H3,(H2,27,28,32). The van der Waals surface area contributed by atoms with E-state index in [2.05, 4.69) is 11.9 Å². The second-order valence-corrected chi connectivity index (χ2v) is 8.06. The van der Waals surface area contributed by atoms with Gasteiger partial charge in [0.05, 0.1) is 7.11 Å². The van der Waals surface area contributed by atoms with E-state index < -0.39 is 6.09 Å². The third-order valence-electron chi connectivity index (χ3n) is 5.78. The molecule has 0 spiro atoms. The lowest BCUT2D eigenvalue weighted by Gasteiger charge is -2.31. The Morgan fingerprint density at radius 1 is 1.03 bits per heavy atom. The lowest BCUT2D eigenvalue weighted by Crippen LogP contribution is -2.38. The largest absolute Gasteiger partial charge is 0.469 e. The van der Waals surface area contributed by atoms with Crippen molar-refractivity contribution in [2.75, 3.05) is 26.8 Å². The van der Waals surface area contributed by atoms with Crippen LogP contribution < -0.4 is 5.32 Å². The molecule has 0 unspecified atom stereocenters. The summed E-state index contributed by atoms with van der Waals surface area (Å²) in [5.74, 6) is -0.0120. The Labute approximate surface area is 199 Å². The van der Waals surface area contributed by atoms with E-state index in [1.54, 1.807) is 12.1 Å². The summed E-state index contributed by atoms with van der Waals surface area (Å²) in [4.78, 5) is 37.7. The van der Waals surface area contributed by atoms with E-state index in [1.165, 1.54) is 13.2 Å². The normalized spacial score (nSPS) is 13.6. The van der Waals surface area contributed by atoms with E-state index >= 15 is 0 Å². The number of nitrogens with zero attached hydrogens (tertiary/aromatic N) is 1. The number of rotatable bonds is 7. The van der Waals surface area contributed by atoms with E-state index in [4.69, 9.17) is 14.9 Å². The molecule has 0 saturated carbocycles. The Hall–Kier alpha value is -3.94. The molecule has 2 aromatic carbocycles. The molecule has 1 saturated heterocycles. The van der Waals surface area contributed by atoms with Gasteiger partial charge in [0.15, 0.2) is 0 Å².